The van der Waals surface area contributed by atoms with E-state index in [-0.39, 0.29) is 11.7 Å². The van der Waals surface area contributed by atoms with E-state index in [0.717, 1.165) is 22.4 Å². The highest BCUT2D eigenvalue weighted by Gasteiger charge is 2.69. The Hall–Kier alpha value is -4.77. The number of para-hydroxylation sites is 1. The van der Waals surface area contributed by atoms with Gasteiger partial charge in [0.15, 0.2) is 11.3 Å². The van der Waals surface area contributed by atoms with Gasteiger partial charge in [-0.2, -0.15) is 0 Å². The molecule has 0 radical (unpaired) electrons. The van der Waals surface area contributed by atoms with Crippen molar-refractivity contribution in [2.75, 3.05) is 4.90 Å². The number of nitrogens with zero attached hydrogens (tertiary/aromatic N) is 2. The molecule has 1 spiro atoms. The second-order valence-electron chi connectivity index (χ2n) is 9.83. The van der Waals surface area contributed by atoms with Crippen molar-refractivity contribution in [2.45, 2.75) is 23.5 Å². The molecule has 0 unspecified atom stereocenters. The standard InChI is InChI=1S/C33H24N2O3/c36-30(24-15-6-2-7-16-24)29-28(23-13-4-1-5-14-23)33(27-21-20-22-12-10-11-19-26(22)35(27)29)32(37)38-31(34-33)25-17-8-3-9-18-25/h1-21,27-29H/t27-,28-,29-,33+/m1/s1. The Labute approximate surface area is 220 Å². The van der Waals surface area contributed by atoms with Crippen LogP contribution >= 0.6 is 0 Å². The van der Waals surface area contributed by atoms with Crippen LogP contribution < -0.4 is 4.90 Å². The smallest absolute Gasteiger partial charge is 0.344 e. The number of rotatable bonds is 4. The van der Waals surface area contributed by atoms with Crippen molar-refractivity contribution >= 4 is 29.4 Å². The first-order valence-corrected chi connectivity index (χ1v) is 12.8. The molecule has 1 fully saturated rings. The molecule has 3 aliphatic heterocycles. The molecule has 5 heteroatoms. The van der Waals surface area contributed by atoms with E-state index in [0.29, 0.717) is 5.56 Å². The summed E-state index contributed by atoms with van der Waals surface area (Å²) in [5, 5.41) is 0. The fourth-order valence-electron chi connectivity index (χ4n) is 6.21. The van der Waals surface area contributed by atoms with Crippen molar-refractivity contribution < 1.29 is 14.3 Å². The average Bonchev–Trinajstić information content (AvgIpc) is 3.49. The largest absolute Gasteiger partial charge is 0.405 e. The van der Waals surface area contributed by atoms with E-state index in [1.54, 1.807) is 0 Å². The first kappa shape index (κ1) is 22.4. The van der Waals surface area contributed by atoms with Gasteiger partial charge in [0.1, 0.15) is 6.04 Å². The minimum absolute atomic E-state index is 0.0532. The third kappa shape index (κ3) is 3.21. The van der Waals surface area contributed by atoms with Crippen LogP contribution in [-0.4, -0.2) is 35.3 Å². The van der Waals surface area contributed by atoms with Crippen LogP contribution in [0.5, 0.6) is 0 Å². The zero-order valence-electron chi connectivity index (χ0n) is 20.5. The van der Waals surface area contributed by atoms with Gasteiger partial charge in [-0.3, -0.25) is 4.79 Å². The van der Waals surface area contributed by atoms with Gasteiger partial charge in [0, 0.05) is 16.8 Å². The SMILES string of the molecule is O=C(c1ccccc1)[C@H]1[C@@H](c2ccccc2)[C@@]2(N=C(c3ccccc3)OC2=O)[C@H]2C=Cc3ccccc3N12. The Kier molecular flexibility index (Phi) is 5.11. The number of fused-ring (bicyclic) bond motifs is 4. The molecule has 7 rings (SSSR count). The highest BCUT2D eigenvalue weighted by Crippen LogP contribution is 2.55. The van der Waals surface area contributed by atoms with Gasteiger partial charge in [0.05, 0.1) is 12.0 Å². The first-order valence-electron chi connectivity index (χ1n) is 12.8. The molecule has 38 heavy (non-hydrogen) atoms. The van der Waals surface area contributed by atoms with E-state index in [1.807, 2.05) is 127 Å². The summed E-state index contributed by atoms with van der Waals surface area (Å²) >= 11 is 0. The van der Waals surface area contributed by atoms with Crippen molar-refractivity contribution in [3.63, 3.8) is 0 Å². The van der Waals surface area contributed by atoms with Crippen LogP contribution in [0.15, 0.2) is 126 Å². The fourth-order valence-corrected chi connectivity index (χ4v) is 6.21. The van der Waals surface area contributed by atoms with Crippen LogP contribution in [0.25, 0.3) is 6.08 Å². The highest BCUT2D eigenvalue weighted by atomic mass is 16.6. The van der Waals surface area contributed by atoms with Crippen molar-refractivity contribution in [1.82, 2.24) is 0 Å². The number of hydrogen-bond acceptors (Lipinski definition) is 5. The summed E-state index contributed by atoms with van der Waals surface area (Å²) in [6, 6.07) is 35.4. The normalized spacial score (nSPS) is 25.1. The van der Waals surface area contributed by atoms with E-state index in [4.69, 9.17) is 9.73 Å². The number of carbonyl (C=O) groups is 2. The zero-order valence-corrected chi connectivity index (χ0v) is 20.5. The Balaban J connectivity index is 1.51. The highest BCUT2D eigenvalue weighted by molar-refractivity contribution is 6.12. The minimum atomic E-state index is -1.34. The molecule has 0 bridgehead atoms. The molecule has 0 aromatic heterocycles. The lowest BCUT2D eigenvalue weighted by atomic mass is 9.74. The maximum Gasteiger partial charge on any atom is 0.344 e. The summed E-state index contributed by atoms with van der Waals surface area (Å²) in [5.41, 5.74) is 2.76. The molecule has 184 valence electrons. The van der Waals surface area contributed by atoms with Gasteiger partial charge >= 0.3 is 5.97 Å². The number of ether oxygens (including phenoxy) is 1. The van der Waals surface area contributed by atoms with Gasteiger partial charge in [-0.15, -0.1) is 0 Å². The number of anilines is 1. The number of carbonyl (C=O) groups excluding carboxylic acids is 2. The van der Waals surface area contributed by atoms with Gasteiger partial charge in [-0.25, -0.2) is 9.79 Å². The Morgan fingerprint density at radius 2 is 1.42 bits per heavy atom. The predicted molar refractivity (Wildman–Crippen MR) is 147 cm³/mol. The molecule has 3 aliphatic rings. The zero-order chi connectivity index (χ0) is 25.7. The van der Waals surface area contributed by atoms with Crippen LogP contribution in [0.3, 0.4) is 0 Å². The van der Waals surface area contributed by atoms with Gasteiger partial charge in [0.2, 0.25) is 5.90 Å². The molecule has 5 nitrogen and oxygen atoms in total. The molecule has 1 saturated heterocycles. The van der Waals surface area contributed by atoms with Gasteiger partial charge in [-0.05, 0) is 29.3 Å². The molecule has 0 aliphatic carbocycles. The van der Waals surface area contributed by atoms with Crippen molar-refractivity contribution in [2.24, 2.45) is 4.99 Å². The Morgan fingerprint density at radius 3 is 2.16 bits per heavy atom. The van der Waals surface area contributed by atoms with Gasteiger partial charge < -0.3 is 9.64 Å². The number of cyclic esters (lactones) is 1. The van der Waals surface area contributed by atoms with Crippen LogP contribution in [-0.2, 0) is 9.53 Å². The molecule has 3 heterocycles. The lowest BCUT2D eigenvalue weighted by Gasteiger charge is -2.35. The van der Waals surface area contributed by atoms with Crippen molar-refractivity contribution in [1.29, 1.82) is 0 Å². The summed E-state index contributed by atoms with van der Waals surface area (Å²) in [6.07, 6.45) is 4.04. The Morgan fingerprint density at radius 1 is 0.789 bits per heavy atom. The molecule has 0 amide bonds. The number of aliphatic imine (C=N–C) groups is 1. The second kappa shape index (κ2) is 8.67. The number of ketones is 1. The number of Topliss-reactive ketones (excluding diaryl/α,β-unsaturated/α-hetero) is 1. The Bertz CT molecular complexity index is 1600. The quantitative estimate of drug-likeness (QED) is 0.269. The van der Waals surface area contributed by atoms with Crippen LogP contribution in [0.1, 0.15) is 33.0 Å². The minimum Gasteiger partial charge on any atom is -0.405 e. The van der Waals surface area contributed by atoms with Gasteiger partial charge in [-0.1, -0.05) is 109 Å². The van der Waals surface area contributed by atoms with Crippen LogP contribution in [0, 0.1) is 0 Å². The van der Waals surface area contributed by atoms with Gasteiger partial charge in [0.25, 0.3) is 0 Å². The lowest BCUT2D eigenvalue weighted by Crippen LogP contribution is -2.49. The van der Waals surface area contributed by atoms with E-state index >= 15 is 0 Å². The topological polar surface area (TPSA) is 59.0 Å². The number of benzene rings is 4. The number of hydrogen-bond donors (Lipinski definition) is 0. The molecule has 4 atom stereocenters. The molecule has 4 aromatic carbocycles. The van der Waals surface area contributed by atoms with Crippen molar-refractivity contribution in [3.05, 3.63) is 144 Å². The third-order valence-electron chi connectivity index (χ3n) is 7.82. The molecule has 0 N–H and O–H groups in total. The third-order valence-corrected chi connectivity index (χ3v) is 7.82. The predicted octanol–water partition coefficient (Wildman–Crippen LogP) is 5.68. The van der Waals surface area contributed by atoms with E-state index in [9.17, 15) is 9.59 Å². The number of esters is 1. The monoisotopic (exact) mass is 496 g/mol. The molecule has 0 saturated carbocycles. The van der Waals surface area contributed by atoms with E-state index in [1.165, 1.54) is 0 Å². The summed E-state index contributed by atoms with van der Waals surface area (Å²) in [4.78, 5) is 35.8. The van der Waals surface area contributed by atoms with E-state index in [2.05, 4.69) is 4.90 Å². The molecular weight excluding hydrogens is 472 g/mol. The summed E-state index contributed by atoms with van der Waals surface area (Å²) in [5.74, 6) is -0.780. The molecular formula is C33H24N2O3. The average molecular weight is 497 g/mol. The summed E-state index contributed by atoms with van der Waals surface area (Å²) in [6.45, 7) is 0. The maximum absolute atomic E-state index is 14.4. The second-order valence-corrected chi connectivity index (χ2v) is 9.83. The van der Waals surface area contributed by atoms with Crippen LogP contribution in [0.2, 0.25) is 0 Å². The van der Waals surface area contributed by atoms with E-state index < -0.39 is 29.5 Å². The maximum atomic E-state index is 14.4. The summed E-state index contributed by atoms with van der Waals surface area (Å²) < 4.78 is 5.95. The first-order chi connectivity index (χ1) is 18.7. The molecule has 4 aromatic rings. The van der Waals surface area contributed by atoms with Crippen molar-refractivity contribution in [3.8, 4) is 0 Å². The summed E-state index contributed by atoms with van der Waals surface area (Å²) in [7, 11) is 0. The van der Waals surface area contributed by atoms with Crippen LogP contribution in [0.4, 0.5) is 5.69 Å². The fraction of sp³-hybridized carbons (Fsp3) is 0.121. The lowest BCUT2D eigenvalue weighted by molar-refractivity contribution is -0.139.